The molecule has 0 N–H and O–H groups in total. The van der Waals surface area contributed by atoms with Crippen LogP contribution in [-0.2, 0) is 0 Å². The SMILES string of the molecule is [C-]#[N+]C(C#N)C1CCC(F)(F)CC1. The van der Waals surface area contributed by atoms with Crippen LogP contribution in [0.1, 0.15) is 25.7 Å². The second-order valence-electron chi connectivity index (χ2n) is 3.40. The first-order valence-corrected chi connectivity index (χ1v) is 4.23. The number of halogens is 2. The van der Waals surface area contributed by atoms with Gasteiger partial charge in [0.25, 0.3) is 0 Å². The number of rotatable bonds is 1. The van der Waals surface area contributed by atoms with Gasteiger partial charge in [-0.1, -0.05) is 0 Å². The highest BCUT2D eigenvalue weighted by atomic mass is 19.3. The molecule has 0 spiro atoms. The molecule has 0 radical (unpaired) electrons. The molecule has 0 amide bonds. The third-order valence-corrected chi connectivity index (χ3v) is 2.48. The van der Waals surface area contributed by atoms with Crippen LogP contribution in [0.15, 0.2) is 0 Å². The highest BCUT2D eigenvalue weighted by molar-refractivity contribution is 5.04. The van der Waals surface area contributed by atoms with E-state index in [9.17, 15) is 8.78 Å². The quantitative estimate of drug-likeness (QED) is 0.576. The second-order valence-corrected chi connectivity index (χ2v) is 3.40. The number of hydrogen-bond donors (Lipinski definition) is 0. The molecule has 70 valence electrons. The minimum Gasteiger partial charge on any atom is -0.297 e. The molecule has 1 aliphatic rings. The summed E-state index contributed by atoms with van der Waals surface area (Å²) >= 11 is 0. The van der Waals surface area contributed by atoms with E-state index >= 15 is 0 Å². The molecule has 0 aromatic heterocycles. The molecule has 0 bridgehead atoms. The lowest BCUT2D eigenvalue weighted by atomic mass is 9.83. The number of hydrogen-bond acceptors (Lipinski definition) is 1. The number of nitrogens with zero attached hydrogens (tertiary/aromatic N) is 2. The summed E-state index contributed by atoms with van der Waals surface area (Å²) in [5, 5.41) is 8.56. The summed E-state index contributed by atoms with van der Waals surface area (Å²) in [5.74, 6) is -2.72. The largest absolute Gasteiger partial charge is 0.309 e. The molecule has 0 aliphatic heterocycles. The molecule has 1 saturated carbocycles. The van der Waals surface area contributed by atoms with E-state index in [1.165, 1.54) is 0 Å². The van der Waals surface area contributed by atoms with Crippen LogP contribution in [0.4, 0.5) is 8.78 Å². The highest BCUT2D eigenvalue weighted by Crippen LogP contribution is 2.37. The van der Waals surface area contributed by atoms with E-state index < -0.39 is 12.0 Å². The summed E-state index contributed by atoms with van der Waals surface area (Å²) in [6.07, 6.45) is 0.248. The Morgan fingerprint density at radius 1 is 1.46 bits per heavy atom. The zero-order chi connectivity index (χ0) is 9.90. The molecule has 1 aliphatic carbocycles. The van der Waals surface area contributed by atoms with Crippen LogP contribution in [-0.4, -0.2) is 12.0 Å². The Bertz CT molecular complexity index is 238. The lowest BCUT2D eigenvalue weighted by Gasteiger charge is -2.26. The predicted octanol–water partition coefficient (Wildman–Crippen LogP) is 2.62. The molecular formula is C9H10F2N2. The molecule has 1 fully saturated rings. The van der Waals surface area contributed by atoms with Crippen LogP contribution in [0.3, 0.4) is 0 Å². The van der Waals surface area contributed by atoms with Gasteiger partial charge < -0.3 is 0 Å². The Morgan fingerprint density at radius 2 is 2.00 bits per heavy atom. The zero-order valence-corrected chi connectivity index (χ0v) is 7.13. The summed E-state index contributed by atoms with van der Waals surface area (Å²) in [4.78, 5) is 3.12. The van der Waals surface area contributed by atoms with Crippen LogP contribution in [0.2, 0.25) is 0 Å². The first kappa shape index (κ1) is 9.92. The van der Waals surface area contributed by atoms with Gasteiger partial charge in [-0.25, -0.2) is 15.4 Å². The Labute approximate surface area is 76.0 Å². The summed E-state index contributed by atoms with van der Waals surface area (Å²) in [6, 6.07) is 1.12. The molecule has 1 rings (SSSR count). The van der Waals surface area contributed by atoms with Gasteiger partial charge in [0.05, 0.1) is 0 Å². The molecule has 0 aromatic carbocycles. The molecule has 4 heteroatoms. The van der Waals surface area contributed by atoms with Crippen molar-refractivity contribution in [2.24, 2.45) is 5.92 Å². The summed E-state index contributed by atoms with van der Waals surface area (Å²) in [7, 11) is 0. The number of nitriles is 1. The van der Waals surface area contributed by atoms with Crippen LogP contribution in [0.5, 0.6) is 0 Å². The summed E-state index contributed by atoms with van der Waals surface area (Å²) < 4.78 is 25.4. The average molecular weight is 184 g/mol. The first-order valence-electron chi connectivity index (χ1n) is 4.23. The van der Waals surface area contributed by atoms with Crippen molar-refractivity contribution < 1.29 is 8.78 Å². The minimum atomic E-state index is -2.57. The van der Waals surface area contributed by atoms with E-state index in [0.717, 1.165) is 0 Å². The van der Waals surface area contributed by atoms with Crippen LogP contribution >= 0.6 is 0 Å². The van der Waals surface area contributed by atoms with E-state index in [4.69, 9.17) is 11.8 Å². The van der Waals surface area contributed by atoms with Crippen LogP contribution < -0.4 is 0 Å². The van der Waals surface area contributed by atoms with Crippen molar-refractivity contribution in [1.29, 1.82) is 5.26 Å². The third-order valence-electron chi connectivity index (χ3n) is 2.48. The highest BCUT2D eigenvalue weighted by Gasteiger charge is 2.39. The topological polar surface area (TPSA) is 28.1 Å². The monoisotopic (exact) mass is 184 g/mol. The van der Waals surface area contributed by atoms with Crippen molar-refractivity contribution in [2.45, 2.75) is 37.6 Å². The van der Waals surface area contributed by atoms with E-state index in [1.54, 1.807) is 0 Å². The molecule has 0 saturated heterocycles. The van der Waals surface area contributed by atoms with Crippen molar-refractivity contribution in [3.05, 3.63) is 11.4 Å². The van der Waals surface area contributed by atoms with Gasteiger partial charge in [0.2, 0.25) is 5.92 Å². The molecule has 1 unspecified atom stereocenters. The fraction of sp³-hybridized carbons (Fsp3) is 0.778. The fourth-order valence-corrected chi connectivity index (χ4v) is 1.62. The average Bonchev–Trinajstić information content (AvgIpc) is 2.09. The molecule has 2 nitrogen and oxygen atoms in total. The predicted molar refractivity (Wildman–Crippen MR) is 42.9 cm³/mol. The zero-order valence-electron chi connectivity index (χ0n) is 7.13. The summed E-state index contributed by atoms with van der Waals surface area (Å²) in [6.45, 7) is 6.71. The van der Waals surface area contributed by atoms with Crippen LogP contribution in [0, 0.1) is 23.8 Å². The fourth-order valence-electron chi connectivity index (χ4n) is 1.62. The maximum Gasteiger partial charge on any atom is 0.309 e. The first-order chi connectivity index (χ1) is 6.09. The van der Waals surface area contributed by atoms with Crippen molar-refractivity contribution in [3.63, 3.8) is 0 Å². The maximum atomic E-state index is 12.7. The normalized spacial score (nSPS) is 24.3. The second kappa shape index (κ2) is 3.70. The maximum absolute atomic E-state index is 12.7. The molecule has 0 aromatic rings. The van der Waals surface area contributed by atoms with Crippen LogP contribution in [0.25, 0.3) is 4.85 Å². The van der Waals surface area contributed by atoms with Crippen molar-refractivity contribution in [2.75, 3.05) is 0 Å². The number of alkyl halides is 2. The Kier molecular flexibility index (Phi) is 2.83. The minimum absolute atomic E-state index is 0.151. The third kappa shape index (κ3) is 2.39. The van der Waals surface area contributed by atoms with Gasteiger partial charge >= 0.3 is 6.04 Å². The Morgan fingerprint density at radius 3 is 2.38 bits per heavy atom. The Balaban J connectivity index is 2.52. The van der Waals surface area contributed by atoms with Gasteiger partial charge in [0.15, 0.2) is 6.07 Å². The van der Waals surface area contributed by atoms with Crippen molar-refractivity contribution in [1.82, 2.24) is 0 Å². The molecular weight excluding hydrogens is 174 g/mol. The molecule has 1 atom stereocenters. The van der Waals surface area contributed by atoms with Gasteiger partial charge in [-0.15, -0.1) is 0 Å². The van der Waals surface area contributed by atoms with E-state index in [0.29, 0.717) is 12.8 Å². The molecule has 0 heterocycles. The van der Waals surface area contributed by atoms with Gasteiger partial charge in [-0.3, -0.25) is 4.85 Å². The van der Waals surface area contributed by atoms with Gasteiger partial charge in [0.1, 0.15) is 0 Å². The lowest BCUT2D eigenvalue weighted by molar-refractivity contribution is -0.0456. The lowest BCUT2D eigenvalue weighted by Crippen LogP contribution is -2.29. The van der Waals surface area contributed by atoms with Crippen molar-refractivity contribution >= 4 is 0 Å². The van der Waals surface area contributed by atoms with E-state index in [1.807, 2.05) is 6.07 Å². The van der Waals surface area contributed by atoms with Gasteiger partial charge in [0, 0.05) is 18.8 Å². The molecule has 13 heavy (non-hydrogen) atoms. The van der Waals surface area contributed by atoms with E-state index in [2.05, 4.69) is 4.85 Å². The smallest absolute Gasteiger partial charge is 0.297 e. The van der Waals surface area contributed by atoms with Crippen molar-refractivity contribution in [3.8, 4) is 6.07 Å². The Hall–Kier alpha value is -1.16. The standard InChI is InChI=1S/C9H10F2N2/c1-13-8(6-12)7-2-4-9(10,11)5-3-7/h7-8H,2-5H2. The van der Waals surface area contributed by atoms with Gasteiger partial charge in [-0.05, 0) is 12.8 Å². The van der Waals surface area contributed by atoms with E-state index in [-0.39, 0.29) is 18.8 Å². The van der Waals surface area contributed by atoms with Gasteiger partial charge in [-0.2, -0.15) is 5.26 Å². The summed E-state index contributed by atoms with van der Waals surface area (Å²) in [5.41, 5.74) is 0.